The monoisotopic (exact) mass is 715 g/mol. The molecule has 0 spiro atoms. The van der Waals surface area contributed by atoms with Crippen LogP contribution in [0.15, 0.2) is 41.1 Å². The van der Waals surface area contributed by atoms with Crippen LogP contribution >= 0.6 is 35.1 Å². The van der Waals surface area contributed by atoms with Gasteiger partial charge in [-0.3, -0.25) is 19.2 Å². The van der Waals surface area contributed by atoms with E-state index in [-0.39, 0.29) is 60.1 Å². The fraction of sp³-hybridized carbons (Fsp3) is 0.529. The number of nitrogens with one attached hydrogen (secondary N) is 4. The van der Waals surface area contributed by atoms with Gasteiger partial charge in [0.05, 0.1) is 12.1 Å². The Hall–Kier alpha value is -3.39. The molecular weight excluding hydrogens is 670 g/mol. The first-order chi connectivity index (χ1) is 22.8. The van der Waals surface area contributed by atoms with E-state index in [9.17, 15) is 19.2 Å². The second kappa shape index (κ2) is 18.4. The van der Waals surface area contributed by atoms with Gasteiger partial charge < -0.3 is 26.2 Å². The van der Waals surface area contributed by atoms with E-state index >= 15 is 0 Å². The maximum absolute atomic E-state index is 13.5. The van der Waals surface area contributed by atoms with E-state index in [1.54, 1.807) is 10.8 Å². The second-order valence-electron chi connectivity index (χ2n) is 12.7. The van der Waals surface area contributed by atoms with Crippen molar-refractivity contribution in [3.8, 4) is 0 Å². The summed E-state index contributed by atoms with van der Waals surface area (Å²) in [6.07, 6.45) is 4.15. The molecule has 260 valence electrons. The molecule has 2 aromatic heterocycles. The van der Waals surface area contributed by atoms with Gasteiger partial charge in [-0.15, -0.1) is 35.1 Å². The zero-order valence-corrected chi connectivity index (χ0v) is 30.0. The van der Waals surface area contributed by atoms with Gasteiger partial charge in [-0.1, -0.05) is 44.2 Å². The number of rotatable bonds is 5. The molecule has 4 bridgehead atoms. The third-order valence-corrected chi connectivity index (χ3v) is 10.4. The van der Waals surface area contributed by atoms with Crippen molar-refractivity contribution in [2.75, 3.05) is 32.7 Å². The van der Waals surface area contributed by atoms with Crippen LogP contribution in [-0.4, -0.2) is 71.2 Å². The lowest BCUT2D eigenvalue weighted by Gasteiger charge is -2.30. The normalized spacial score (nSPS) is 20.6. The van der Waals surface area contributed by atoms with Gasteiger partial charge in [0, 0.05) is 42.7 Å². The first-order valence-corrected chi connectivity index (χ1v) is 18.4. The highest BCUT2D eigenvalue weighted by Crippen LogP contribution is 2.27. The number of halogens is 1. The summed E-state index contributed by atoms with van der Waals surface area (Å²) >= 11 is 2.69. The van der Waals surface area contributed by atoms with Crippen molar-refractivity contribution in [3.05, 3.63) is 68.1 Å². The lowest BCUT2D eigenvalue weighted by atomic mass is 9.96. The van der Waals surface area contributed by atoms with E-state index < -0.39 is 6.04 Å². The summed E-state index contributed by atoms with van der Waals surface area (Å²) in [5, 5.41) is 17.3. The molecule has 0 saturated carbocycles. The van der Waals surface area contributed by atoms with E-state index in [0.717, 1.165) is 31.5 Å². The van der Waals surface area contributed by atoms with Gasteiger partial charge >= 0.3 is 0 Å². The molecule has 1 aromatic carbocycles. The molecule has 4 amide bonds. The van der Waals surface area contributed by atoms with Gasteiger partial charge in [0.15, 0.2) is 0 Å². The fourth-order valence-corrected chi connectivity index (χ4v) is 7.71. The summed E-state index contributed by atoms with van der Waals surface area (Å²) in [7, 11) is 0. The number of hydrogen-bond acceptors (Lipinski definition) is 9. The molecule has 5 rings (SSSR count). The van der Waals surface area contributed by atoms with E-state index in [1.807, 2.05) is 35.2 Å². The maximum Gasteiger partial charge on any atom is 0.271 e. The lowest BCUT2D eigenvalue weighted by Crippen LogP contribution is -2.42. The highest BCUT2D eigenvalue weighted by molar-refractivity contribution is 7.10. The summed E-state index contributed by atoms with van der Waals surface area (Å²) in [4.78, 5) is 64.5. The third kappa shape index (κ3) is 10.6. The predicted octanol–water partition coefficient (Wildman–Crippen LogP) is 4.68. The minimum absolute atomic E-state index is 0. The topological polar surface area (TPSA) is 145 Å². The highest BCUT2D eigenvalue weighted by Gasteiger charge is 2.28. The SMILES string of the molecule is CC(C)C[C@@H]1NC(=O)CCCN(C(=O)C2CCNCC2)CCCNC(=O)c2csc(n2)[C@H](Cc2ccccc2)NC(=O)c2csc1n2.Cl. The van der Waals surface area contributed by atoms with Crippen LogP contribution in [0.4, 0.5) is 0 Å². The average Bonchev–Trinajstić information content (AvgIpc) is 3.77. The standard InChI is InChI=1S/C34H45N7O4S2.ClH/c1-22(2)18-25-32-40-28(21-47-32)31(44)38-26(19-23-8-4-3-5-9-23)33-39-27(20-46-33)30(43)36-13-7-17-41(16-6-10-29(42)37-25)34(45)24-11-14-35-15-12-24;/h3-5,8-9,20-22,24-26,35H,6-7,10-19H2,1-2H3,(H,36,43)(H,37,42)(H,38,44);1H/t25-,26-;/m0./s1. The number of nitrogens with zero attached hydrogens (tertiary/aromatic N) is 3. The van der Waals surface area contributed by atoms with Crippen molar-refractivity contribution < 1.29 is 19.2 Å². The largest absolute Gasteiger partial charge is 0.351 e. The molecule has 2 atom stereocenters. The maximum atomic E-state index is 13.5. The van der Waals surface area contributed by atoms with Crippen LogP contribution in [0.2, 0.25) is 0 Å². The van der Waals surface area contributed by atoms with E-state index in [1.165, 1.54) is 22.7 Å². The summed E-state index contributed by atoms with van der Waals surface area (Å²) in [6, 6.07) is 9.02. The number of amides is 4. The molecule has 0 unspecified atom stereocenters. The zero-order valence-electron chi connectivity index (χ0n) is 27.5. The van der Waals surface area contributed by atoms with Crippen LogP contribution < -0.4 is 21.3 Å². The molecule has 48 heavy (non-hydrogen) atoms. The average molecular weight is 716 g/mol. The molecule has 1 fully saturated rings. The van der Waals surface area contributed by atoms with Crippen LogP contribution in [0.5, 0.6) is 0 Å². The summed E-state index contributed by atoms with van der Waals surface area (Å²) in [5.41, 5.74) is 1.59. The van der Waals surface area contributed by atoms with Crippen molar-refractivity contribution in [1.29, 1.82) is 0 Å². The highest BCUT2D eigenvalue weighted by atomic mass is 35.5. The first kappa shape index (κ1) is 37.4. The quantitative estimate of drug-likeness (QED) is 0.300. The molecule has 4 N–H and O–H groups in total. The molecule has 14 heteroatoms. The molecule has 1 saturated heterocycles. The van der Waals surface area contributed by atoms with Crippen molar-refractivity contribution in [2.24, 2.45) is 11.8 Å². The molecule has 0 aliphatic carbocycles. The van der Waals surface area contributed by atoms with E-state index in [2.05, 4.69) is 45.1 Å². The smallest absolute Gasteiger partial charge is 0.271 e. The number of carbonyl (C=O) groups is 4. The van der Waals surface area contributed by atoms with E-state index in [0.29, 0.717) is 66.9 Å². The van der Waals surface area contributed by atoms with Crippen LogP contribution in [0.3, 0.4) is 0 Å². The van der Waals surface area contributed by atoms with Crippen LogP contribution in [0.1, 0.15) is 101 Å². The number of benzene rings is 1. The molecule has 2 aliphatic rings. The number of carbonyl (C=O) groups excluding carboxylic acids is 4. The van der Waals surface area contributed by atoms with Crippen LogP contribution in [0, 0.1) is 11.8 Å². The molecule has 0 radical (unpaired) electrons. The lowest BCUT2D eigenvalue weighted by molar-refractivity contribution is -0.137. The van der Waals surface area contributed by atoms with Crippen LogP contribution in [-0.2, 0) is 16.0 Å². The number of aromatic nitrogens is 2. The Morgan fingerprint density at radius 2 is 1.52 bits per heavy atom. The number of hydrogen-bond donors (Lipinski definition) is 4. The number of piperidine rings is 1. The fourth-order valence-electron chi connectivity index (χ4n) is 6.00. The zero-order chi connectivity index (χ0) is 33.2. The van der Waals surface area contributed by atoms with Gasteiger partial charge in [-0.25, -0.2) is 9.97 Å². The van der Waals surface area contributed by atoms with Crippen molar-refractivity contribution in [1.82, 2.24) is 36.1 Å². The predicted molar refractivity (Wildman–Crippen MR) is 191 cm³/mol. The minimum Gasteiger partial charge on any atom is -0.351 e. The van der Waals surface area contributed by atoms with Gasteiger partial charge in [0.1, 0.15) is 21.4 Å². The Kier molecular flexibility index (Phi) is 14.3. The van der Waals surface area contributed by atoms with Gasteiger partial charge in [0.2, 0.25) is 11.8 Å². The molecule has 3 aromatic rings. The number of fused-ring (bicyclic) bond motifs is 4. The van der Waals surface area contributed by atoms with Gasteiger partial charge in [0.25, 0.3) is 11.8 Å². The Morgan fingerprint density at radius 3 is 2.21 bits per heavy atom. The van der Waals surface area contributed by atoms with Crippen LogP contribution in [0.25, 0.3) is 0 Å². The third-order valence-electron chi connectivity index (χ3n) is 8.46. The van der Waals surface area contributed by atoms with Crippen molar-refractivity contribution in [3.63, 3.8) is 0 Å². The Morgan fingerprint density at radius 1 is 0.875 bits per heavy atom. The minimum atomic E-state index is -0.476. The summed E-state index contributed by atoms with van der Waals surface area (Å²) in [5.74, 6) is -0.357. The summed E-state index contributed by atoms with van der Waals surface area (Å²) in [6.45, 7) is 7.17. The Bertz CT molecular complexity index is 1510. The Labute approximate surface area is 296 Å². The molecular formula is C34H46ClN7O4S2. The molecule has 2 aliphatic heterocycles. The molecule has 11 nitrogen and oxygen atoms in total. The van der Waals surface area contributed by atoms with E-state index in [4.69, 9.17) is 0 Å². The molecule has 4 heterocycles. The summed E-state index contributed by atoms with van der Waals surface area (Å²) < 4.78 is 0. The first-order valence-electron chi connectivity index (χ1n) is 16.6. The van der Waals surface area contributed by atoms with Crippen molar-refractivity contribution in [2.45, 2.75) is 70.9 Å². The van der Waals surface area contributed by atoms with Crippen molar-refractivity contribution >= 4 is 58.7 Å². The Balaban J connectivity index is 0.00000520. The van der Waals surface area contributed by atoms with Gasteiger partial charge in [-0.05, 0) is 63.1 Å². The second-order valence-corrected chi connectivity index (χ2v) is 14.4. The number of thiazole rings is 2. The van der Waals surface area contributed by atoms with Gasteiger partial charge in [-0.2, -0.15) is 0 Å².